The molecule has 1 fully saturated rings. The summed E-state index contributed by atoms with van der Waals surface area (Å²) in [6, 6.07) is 7.52. The monoisotopic (exact) mass is 321 g/mol. The average molecular weight is 322 g/mol. The largest absolute Gasteiger partial charge is 0.469 e. The van der Waals surface area contributed by atoms with Crippen LogP contribution in [0.1, 0.15) is 17.9 Å². The van der Waals surface area contributed by atoms with Crippen LogP contribution >= 0.6 is 23.2 Å². The van der Waals surface area contributed by atoms with E-state index in [-0.39, 0.29) is 17.8 Å². The van der Waals surface area contributed by atoms with Crippen LogP contribution in [0, 0.1) is 5.92 Å². The van der Waals surface area contributed by atoms with Crippen molar-refractivity contribution in [1.82, 2.24) is 4.98 Å². The van der Waals surface area contributed by atoms with Crippen molar-refractivity contribution in [3.05, 3.63) is 52.3 Å². The number of methoxy groups -OCH3 is 1. The smallest absolute Gasteiger partial charge is 0.309 e. The first kappa shape index (κ1) is 14.4. The van der Waals surface area contributed by atoms with Gasteiger partial charge in [-0.15, -0.1) is 0 Å². The van der Waals surface area contributed by atoms with Gasteiger partial charge in [0.25, 0.3) is 0 Å². The van der Waals surface area contributed by atoms with E-state index >= 15 is 0 Å². The maximum atomic E-state index is 11.5. The lowest BCUT2D eigenvalue weighted by atomic mass is 10.0. The number of pyridine rings is 1. The molecule has 0 N–H and O–H groups in total. The van der Waals surface area contributed by atoms with E-state index in [9.17, 15) is 4.79 Å². The van der Waals surface area contributed by atoms with Gasteiger partial charge in [-0.25, -0.2) is 0 Å². The fourth-order valence-corrected chi connectivity index (χ4v) is 2.92. The zero-order chi connectivity index (χ0) is 15.0. The van der Waals surface area contributed by atoms with Crippen molar-refractivity contribution in [3.63, 3.8) is 0 Å². The SMILES string of the molecule is COC(=O)C1CC1c1cncc(-c2cccc(Cl)c2Cl)c1. The van der Waals surface area contributed by atoms with Crippen LogP contribution in [0.25, 0.3) is 11.1 Å². The van der Waals surface area contributed by atoms with E-state index in [4.69, 9.17) is 27.9 Å². The van der Waals surface area contributed by atoms with Gasteiger partial charge in [0.05, 0.1) is 23.1 Å². The van der Waals surface area contributed by atoms with E-state index in [1.165, 1.54) is 7.11 Å². The molecule has 0 aliphatic heterocycles. The van der Waals surface area contributed by atoms with Gasteiger partial charge in [0.15, 0.2) is 0 Å². The lowest BCUT2D eigenvalue weighted by molar-refractivity contribution is -0.142. The Bertz CT molecular complexity index is 702. The number of halogens is 2. The van der Waals surface area contributed by atoms with E-state index in [1.54, 1.807) is 18.5 Å². The zero-order valence-corrected chi connectivity index (χ0v) is 12.9. The Kier molecular flexibility index (Phi) is 3.87. The molecule has 1 aliphatic rings. The number of hydrogen-bond donors (Lipinski definition) is 0. The maximum Gasteiger partial charge on any atom is 0.309 e. The molecule has 3 rings (SSSR count). The molecule has 2 aromatic rings. The molecule has 3 nitrogen and oxygen atoms in total. The highest BCUT2D eigenvalue weighted by molar-refractivity contribution is 6.43. The fraction of sp³-hybridized carbons (Fsp3) is 0.250. The number of benzene rings is 1. The minimum absolute atomic E-state index is 0.0538. The third-order valence-electron chi connectivity index (χ3n) is 3.74. The number of aromatic nitrogens is 1. The molecule has 1 saturated carbocycles. The lowest BCUT2D eigenvalue weighted by Crippen LogP contribution is -2.04. The summed E-state index contributed by atoms with van der Waals surface area (Å²) in [5.74, 6) is -0.0315. The highest BCUT2D eigenvalue weighted by Gasteiger charge is 2.45. The lowest BCUT2D eigenvalue weighted by Gasteiger charge is -2.07. The molecule has 0 radical (unpaired) electrons. The van der Waals surface area contributed by atoms with Gasteiger partial charge in [-0.2, -0.15) is 0 Å². The van der Waals surface area contributed by atoms with Crippen molar-refractivity contribution in [2.45, 2.75) is 12.3 Å². The van der Waals surface area contributed by atoms with Crippen LogP contribution in [-0.4, -0.2) is 18.1 Å². The molecule has 0 bridgehead atoms. The number of ether oxygens (including phenoxy) is 1. The number of carbonyl (C=O) groups excluding carboxylic acids is 1. The maximum absolute atomic E-state index is 11.5. The summed E-state index contributed by atoms with van der Waals surface area (Å²) in [5, 5.41) is 1.02. The Morgan fingerprint density at radius 3 is 2.90 bits per heavy atom. The van der Waals surface area contributed by atoms with E-state index in [0.717, 1.165) is 23.1 Å². The van der Waals surface area contributed by atoms with Crippen molar-refractivity contribution in [2.75, 3.05) is 7.11 Å². The summed E-state index contributed by atoms with van der Waals surface area (Å²) in [6.07, 6.45) is 4.34. The van der Waals surface area contributed by atoms with E-state index in [2.05, 4.69) is 4.98 Å². The predicted octanol–water partition coefficient (Wildman–Crippen LogP) is 4.33. The van der Waals surface area contributed by atoms with E-state index < -0.39 is 0 Å². The van der Waals surface area contributed by atoms with Crippen LogP contribution < -0.4 is 0 Å². The quantitative estimate of drug-likeness (QED) is 0.790. The molecule has 1 aromatic heterocycles. The molecule has 0 amide bonds. The van der Waals surface area contributed by atoms with Crippen LogP contribution in [0.5, 0.6) is 0 Å². The van der Waals surface area contributed by atoms with Crippen molar-refractivity contribution < 1.29 is 9.53 Å². The van der Waals surface area contributed by atoms with Gasteiger partial charge in [0.2, 0.25) is 0 Å². The number of rotatable bonds is 3. The van der Waals surface area contributed by atoms with Crippen molar-refractivity contribution in [1.29, 1.82) is 0 Å². The molecule has 0 spiro atoms. The normalized spacial score (nSPS) is 20.1. The first-order valence-electron chi connectivity index (χ1n) is 6.59. The molecule has 1 aromatic carbocycles. The van der Waals surface area contributed by atoms with Gasteiger partial charge < -0.3 is 4.74 Å². The minimum Gasteiger partial charge on any atom is -0.469 e. The van der Waals surface area contributed by atoms with Gasteiger partial charge in [-0.3, -0.25) is 9.78 Å². The van der Waals surface area contributed by atoms with Crippen molar-refractivity contribution >= 4 is 29.2 Å². The molecule has 21 heavy (non-hydrogen) atoms. The van der Waals surface area contributed by atoms with E-state index in [1.807, 2.05) is 18.2 Å². The Balaban J connectivity index is 1.91. The molecule has 0 saturated heterocycles. The number of hydrogen-bond acceptors (Lipinski definition) is 3. The zero-order valence-electron chi connectivity index (χ0n) is 11.3. The number of carbonyl (C=O) groups is 1. The van der Waals surface area contributed by atoms with Gasteiger partial charge >= 0.3 is 5.97 Å². The molecular formula is C16H13Cl2NO2. The van der Waals surface area contributed by atoms with Crippen LogP contribution in [0.4, 0.5) is 0 Å². The highest BCUT2D eigenvalue weighted by Crippen LogP contribution is 2.48. The molecule has 1 heterocycles. The Labute approximate surface area is 132 Å². The minimum atomic E-state index is -0.161. The van der Waals surface area contributed by atoms with Crippen LogP contribution in [0.3, 0.4) is 0 Å². The third kappa shape index (κ3) is 2.76. The first-order chi connectivity index (χ1) is 10.1. The molecule has 108 valence electrons. The molecular weight excluding hydrogens is 309 g/mol. The summed E-state index contributed by atoms with van der Waals surface area (Å²) >= 11 is 12.3. The highest BCUT2D eigenvalue weighted by atomic mass is 35.5. The standard InChI is InChI=1S/C16H13Cl2NO2/c1-21-16(20)13-6-12(13)10-5-9(7-19-8-10)11-3-2-4-14(17)15(11)18/h2-5,7-8,12-13H,6H2,1H3. The Morgan fingerprint density at radius 1 is 1.33 bits per heavy atom. The van der Waals surface area contributed by atoms with Gasteiger partial charge in [-0.1, -0.05) is 35.3 Å². The predicted molar refractivity (Wildman–Crippen MR) is 82.6 cm³/mol. The summed E-state index contributed by atoms with van der Waals surface area (Å²) in [6.45, 7) is 0. The Hall–Kier alpha value is -1.58. The Morgan fingerprint density at radius 2 is 2.14 bits per heavy atom. The van der Waals surface area contributed by atoms with Crippen molar-refractivity contribution in [2.24, 2.45) is 5.92 Å². The first-order valence-corrected chi connectivity index (χ1v) is 7.34. The topological polar surface area (TPSA) is 39.2 Å². The van der Waals surface area contributed by atoms with Gasteiger partial charge in [0, 0.05) is 23.5 Å². The van der Waals surface area contributed by atoms with Gasteiger partial charge in [-0.05, 0) is 30.0 Å². The second-order valence-electron chi connectivity index (χ2n) is 5.08. The number of nitrogens with zero attached hydrogens (tertiary/aromatic N) is 1. The third-order valence-corrected chi connectivity index (χ3v) is 4.56. The number of esters is 1. The summed E-state index contributed by atoms with van der Waals surface area (Å²) < 4.78 is 4.78. The second kappa shape index (κ2) is 5.66. The van der Waals surface area contributed by atoms with E-state index in [0.29, 0.717) is 10.0 Å². The van der Waals surface area contributed by atoms with Crippen molar-refractivity contribution in [3.8, 4) is 11.1 Å². The molecule has 1 aliphatic carbocycles. The van der Waals surface area contributed by atoms with Gasteiger partial charge in [0.1, 0.15) is 0 Å². The molecule has 2 atom stereocenters. The summed E-state index contributed by atoms with van der Waals surface area (Å²) in [5.41, 5.74) is 2.77. The van der Waals surface area contributed by atoms with Crippen LogP contribution in [0.15, 0.2) is 36.7 Å². The fourth-order valence-electron chi connectivity index (χ4n) is 2.51. The molecule has 5 heteroatoms. The van der Waals surface area contributed by atoms with Crippen LogP contribution in [-0.2, 0) is 9.53 Å². The summed E-state index contributed by atoms with van der Waals surface area (Å²) in [4.78, 5) is 15.8. The summed E-state index contributed by atoms with van der Waals surface area (Å²) in [7, 11) is 1.41. The second-order valence-corrected chi connectivity index (χ2v) is 5.87. The average Bonchev–Trinajstić information content (AvgIpc) is 3.30. The molecule has 2 unspecified atom stereocenters. The van der Waals surface area contributed by atoms with Crippen LogP contribution in [0.2, 0.25) is 10.0 Å².